The van der Waals surface area contributed by atoms with Crippen molar-refractivity contribution >= 4 is 35.1 Å². The maximum absolute atomic E-state index is 9.55. The minimum absolute atomic E-state index is 0.363. The fraction of sp³-hybridized carbons (Fsp3) is 0.500. The second-order valence-electron chi connectivity index (χ2n) is 6.98. The van der Waals surface area contributed by atoms with Crippen LogP contribution in [-0.4, -0.2) is 48.5 Å². The van der Waals surface area contributed by atoms with Crippen LogP contribution in [0.1, 0.15) is 30.7 Å². The maximum Gasteiger partial charge on any atom is 0.328 e. The van der Waals surface area contributed by atoms with E-state index in [0.29, 0.717) is 40.1 Å². The number of ether oxygens (including phenoxy) is 1. The second-order valence-corrected chi connectivity index (χ2v) is 7.80. The summed E-state index contributed by atoms with van der Waals surface area (Å²) in [5.41, 5.74) is 1.30. The molecular formula is C20H25Cl2NO5. The minimum Gasteiger partial charge on any atom is -0.478 e. The van der Waals surface area contributed by atoms with Gasteiger partial charge in [0.25, 0.3) is 0 Å². The van der Waals surface area contributed by atoms with Crippen LogP contribution in [0, 0.1) is 11.8 Å². The molecule has 3 rings (SSSR count). The van der Waals surface area contributed by atoms with Gasteiger partial charge in [-0.2, -0.15) is 0 Å². The molecule has 3 atom stereocenters. The molecule has 1 unspecified atom stereocenters. The number of nitrogens with one attached hydrogen (secondary N) is 1. The van der Waals surface area contributed by atoms with Crippen molar-refractivity contribution in [1.82, 2.24) is 5.32 Å². The molecular weight excluding hydrogens is 405 g/mol. The average Bonchev–Trinajstić information content (AvgIpc) is 3.49. The van der Waals surface area contributed by atoms with Gasteiger partial charge < -0.3 is 20.3 Å². The molecule has 0 aromatic heterocycles. The van der Waals surface area contributed by atoms with Crippen molar-refractivity contribution in [2.75, 3.05) is 20.2 Å². The number of carboxylic acid groups (broad SMARTS) is 2. The van der Waals surface area contributed by atoms with Crippen molar-refractivity contribution in [3.63, 3.8) is 0 Å². The van der Waals surface area contributed by atoms with E-state index < -0.39 is 11.9 Å². The Morgan fingerprint density at radius 3 is 2.29 bits per heavy atom. The summed E-state index contributed by atoms with van der Waals surface area (Å²) in [6.45, 7) is 2.09. The van der Waals surface area contributed by atoms with Crippen LogP contribution in [0.3, 0.4) is 0 Å². The van der Waals surface area contributed by atoms with Crippen LogP contribution in [0.4, 0.5) is 0 Å². The molecule has 1 aromatic carbocycles. The number of benzene rings is 1. The smallest absolute Gasteiger partial charge is 0.328 e. The Labute approximate surface area is 174 Å². The molecule has 154 valence electrons. The molecule has 1 aliphatic carbocycles. The third-order valence-electron chi connectivity index (χ3n) is 5.05. The van der Waals surface area contributed by atoms with Crippen LogP contribution in [-0.2, 0) is 14.3 Å². The van der Waals surface area contributed by atoms with Crippen molar-refractivity contribution in [3.8, 4) is 0 Å². The van der Waals surface area contributed by atoms with E-state index in [2.05, 4.69) is 11.4 Å². The van der Waals surface area contributed by atoms with E-state index in [0.717, 1.165) is 25.4 Å². The fourth-order valence-corrected chi connectivity index (χ4v) is 3.98. The summed E-state index contributed by atoms with van der Waals surface area (Å²) in [4.78, 5) is 19.1. The molecule has 1 aliphatic heterocycles. The molecule has 0 spiro atoms. The van der Waals surface area contributed by atoms with E-state index in [1.54, 1.807) is 0 Å². The lowest BCUT2D eigenvalue weighted by atomic mass is 9.77. The lowest BCUT2D eigenvalue weighted by Crippen LogP contribution is -2.43. The number of rotatable bonds is 6. The number of methoxy groups -OCH3 is 1. The lowest BCUT2D eigenvalue weighted by molar-refractivity contribution is -0.134. The Bertz CT molecular complexity index is 705. The molecule has 28 heavy (non-hydrogen) atoms. The molecule has 6 nitrogen and oxygen atoms in total. The maximum atomic E-state index is 9.55. The summed E-state index contributed by atoms with van der Waals surface area (Å²) in [6.07, 6.45) is 5.23. The third kappa shape index (κ3) is 6.78. The highest BCUT2D eigenvalue weighted by molar-refractivity contribution is 6.42. The molecule has 1 saturated carbocycles. The van der Waals surface area contributed by atoms with E-state index >= 15 is 0 Å². The van der Waals surface area contributed by atoms with Crippen molar-refractivity contribution in [2.45, 2.75) is 31.3 Å². The lowest BCUT2D eigenvalue weighted by Gasteiger charge is -2.37. The Balaban J connectivity index is 0.000000300. The summed E-state index contributed by atoms with van der Waals surface area (Å²) in [7, 11) is 1.85. The highest BCUT2D eigenvalue weighted by atomic mass is 35.5. The topological polar surface area (TPSA) is 95.9 Å². The Kier molecular flexibility index (Phi) is 8.76. The van der Waals surface area contributed by atoms with Gasteiger partial charge in [-0.3, -0.25) is 0 Å². The van der Waals surface area contributed by atoms with Gasteiger partial charge in [-0.1, -0.05) is 29.3 Å². The van der Waals surface area contributed by atoms with Crippen molar-refractivity contribution < 1.29 is 24.5 Å². The quantitative estimate of drug-likeness (QED) is 0.594. The molecule has 3 N–H and O–H groups in total. The van der Waals surface area contributed by atoms with Crippen LogP contribution in [0.15, 0.2) is 30.4 Å². The van der Waals surface area contributed by atoms with Crippen molar-refractivity contribution in [1.29, 1.82) is 0 Å². The normalized spacial score (nSPS) is 23.0. The van der Waals surface area contributed by atoms with E-state index in [4.69, 9.17) is 38.2 Å². The number of hydrogen-bond acceptors (Lipinski definition) is 4. The largest absolute Gasteiger partial charge is 0.478 e. The molecule has 1 aromatic rings. The molecule has 8 heteroatoms. The first-order valence-electron chi connectivity index (χ1n) is 9.15. The van der Waals surface area contributed by atoms with Crippen LogP contribution < -0.4 is 5.32 Å². The zero-order chi connectivity index (χ0) is 20.7. The Morgan fingerprint density at radius 2 is 1.79 bits per heavy atom. The molecule has 1 saturated heterocycles. The van der Waals surface area contributed by atoms with Gasteiger partial charge in [-0.15, -0.1) is 0 Å². The number of halogens is 2. The zero-order valence-corrected chi connectivity index (χ0v) is 17.1. The number of aliphatic carboxylic acids is 2. The summed E-state index contributed by atoms with van der Waals surface area (Å²) in [5, 5.41) is 20.4. The van der Waals surface area contributed by atoms with Crippen LogP contribution >= 0.6 is 23.2 Å². The standard InChI is InChI=1S/C16H21Cl2NO.C4H4O4/c1-20-16(10-2-3-10)13-9-19-7-6-12(13)11-4-5-14(17)15(18)8-11;5-3(6)1-2-4(7)8/h4-5,8,10,12-13,16,19H,2-3,6-7,9H2,1H3;1-2H,(H,5,6)(H,7,8)/b;2-1+/t12-,13-,16?;/m0./s1. The van der Waals surface area contributed by atoms with E-state index in [9.17, 15) is 9.59 Å². The molecule has 0 radical (unpaired) electrons. The number of carboxylic acids is 2. The summed E-state index contributed by atoms with van der Waals surface area (Å²) >= 11 is 12.2. The summed E-state index contributed by atoms with van der Waals surface area (Å²) in [6, 6.07) is 6.07. The third-order valence-corrected chi connectivity index (χ3v) is 5.79. The van der Waals surface area contributed by atoms with Gasteiger partial charge in [0.05, 0.1) is 16.1 Å². The van der Waals surface area contributed by atoms with E-state index in [-0.39, 0.29) is 0 Å². The van der Waals surface area contributed by atoms with E-state index in [1.807, 2.05) is 19.2 Å². The Morgan fingerprint density at radius 1 is 1.14 bits per heavy atom. The van der Waals surface area contributed by atoms with E-state index in [1.165, 1.54) is 18.4 Å². The van der Waals surface area contributed by atoms with Gasteiger partial charge in [-0.25, -0.2) is 9.59 Å². The molecule has 1 heterocycles. The minimum atomic E-state index is -1.26. The van der Waals surface area contributed by atoms with Gasteiger partial charge in [0, 0.05) is 31.7 Å². The average molecular weight is 430 g/mol. The first-order chi connectivity index (χ1) is 13.3. The van der Waals surface area contributed by atoms with Crippen LogP contribution in [0.2, 0.25) is 10.0 Å². The predicted octanol–water partition coefficient (Wildman–Crippen LogP) is 3.82. The van der Waals surface area contributed by atoms with Gasteiger partial charge in [0.2, 0.25) is 0 Å². The number of piperidine rings is 1. The SMILES string of the molecule is COC(C1CC1)[C@H]1CNCC[C@H]1c1ccc(Cl)c(Cl)c1.O=C(O)/C=C/C(=O)O. The van der Waals surface area contributed by atoms with Crippen molar-refractivity contribution in [2.24, 2.45) is 11.8 Å². The first kappa shape index (κ1) is 22.7. The zero-order valence-electron chi connectivity index (χ0n) is 15.6. The molecule has 0 bridgehead atoms. The summed E-state index contributed by atoms with van der Waals surface area (Å²) < 4.78 is 5.82. The van der Waals surface area contributed by atoms with Gasteiger partial charge in [-0.05, 0) is 55.3 Å². The Hall–Kier alpha value is -1.60. The first-order valence-corrected chi connectivity index (χ1v) is 9.91. The molecule has 0 amide bonds. The monoisotopic (exact) mass is 429 g/mol. The fourth-order valence-electron chi connectivity index (χ4n) is 3.67. The summed E-state index contributed by atoms with van der Waals surface area (Å²) in [5.74, 6) is -0.731. The second kappa shape index (κ2) is 10.8. The number of hydrogen-bond donors (Lipinski definition) is 3. The molecule has 2 fully saturated rings. The van der Waals surface area contributed by atoms with Gasteiger partial charge in [0.1, 0.15) is 0 Å². The van der Waals surface area contributed by atoms with Gasteiger partial charge >= 0.3 is 11.9 Å². The van der Waals surface area contributed by atoms with Gasteiger partial charge in [0.15, 0.2) is 0 Å². The highest BCUT2D eigenvalue weighted by Gasteiger charge is 2.41. The van der Waals surface area contributed by atoms with Crippen LogP contribution in [0.25, 0.3) is 0 Å². The predicted molar refractivity (Wildman–Crippen MR) is 108 cm³/mol. The highest BCUT2D eigenvalue weighted by Crippen LogP contribution is 2.44. The van der Waals surface area contributed by atoms with Crippen LogP contribution in [0.5, 0.6) is 0 Å². The van der Waals surface area contributed by atoms with Crippen molar-refractivity contribution in [3.05, 3.63) is 46.0 Å². The molecule has 2 aliphatic rings. The number of carbonyl (C=O) groups is 2.